The van der Waals surface area contributed by atoms with Crippen molar-refractivity contribution in [2.24, 2.45) is 5.90 Å². The van der Waals surface area contributed by atoms with Crippen molar-refractivity contribution in [3.8, 4) is 0 Å². The maximum atomic E-state index is 4.95. The van der Waals surface area contributed by atoms with E-state index in [0.29, 0.717) is 6.61 Å². The van der Waals surface area contributed by atoms with Crippen molar-refractivity contribution in [2.75, 3.05) is 6.61 Å². The molecule has 1 aromatic carbocycles. The minimum Gasteiger partial charge on any atom is -0.304 e. The van der Waals surface area contributed by atoms with Gasteiger partial charge in [-0.2, -0.15) is 0 Å². The van der Waals surface area contributed by atoms with E-state index in [2.05, 4.69) is 36.9 Å². The van der Waals surface area contributed by atoms with Crippen LogP contribution in [0.15, 0.2) is 18.2 Å². The maximum absolute atomic E-state index is 4.95. The van der Waals surface area contributed by atoms with Gasteiger partial charge in [-0.25, -0.2) is 5.90 Å². The summed E-state index contributed by atoms with van der Waals surface area (Å²) >= 11 is 0. The van der Waals surface area contributed by atoms with Crippen LogP contribution in [0.25, 0.3) is 0 Å². The summed E-state index contributed by atoms with van der Waals surface area (Å²) in [4.78, 5) is 4.53. The largest absolute Gasteiger partial charge is 0.304 e. The Balaban J connectivity index is 2.72. The molecule has 0 bridgehead atoms. The Kier molecular flexibility index (Phi) is 3.26. The van der Waals surface area contributed by atoms with Crippen molar-refractivity contribution in [3.05, 3.63) is 34.9 Å². The Bertz CT molecular complexity index is 238. The maximum Gasteiger partial charge on any atom is 0.0719 e. The molecule has 0 unspecified atom stereocenters. The third kappa shape index (κ3) is 2.64. The third-order valence-electron chi connectivity index (χ3n) is 1.79. The normalized spacial score (nSPS) is 10.2. The lowest BCUT2D eigenvalue weighted by Gasteiger charge is -2.03. The summed E-state index contributed by atoms with van der Waals surface area (Å²) in [6, 6.07) is 6.48. The van der Waals surface area contributed by atoms with Crippen LogP contribution < -0.4 is 5.90 Å². The van der Waals surface area contributed by atoms with E-state index in [-0.39, 0.29) is 0 Å². The summed E-state index contributed by atoms with van der Waals surface area (Å²) in [5, 5.41) is 0. The minimum atomic E-state index is 0.586. The number of benzene rings is 1. The van der Waals surface area contributed by atoms with Crippen LogP contribution >= 0.6 is 0 Å². The Morgan fingerprint density at radius 1 is 1.17 bits per heavy atom. The lowest BCUT2D eigenvalue weighted by atomic mass is 10.1. The highest BCUT2D eigenvalue weighted by molar-refractivity contribution is 5.28. The molecule has 1 rings (SSSR count). The topological polar surface area (TPSA) is 35.2 Å². The molecule has 0 aliphatic heterocycles. The van der Waals surface area contributed by atoms with Crippen molar-refractivity contribution in [1.82, 2.24) is 0 Å². The molecule has 0 amide bonds. The summed E-state index contributed by atoms with van der Waals surface area (Å²) in [6.45, 7) is 4.78. The summed E-state index contributed by atoms with van der Waals surface area (Å²) in [7, 11) is 0. The Hall–Kier alpha value is -0.860. The van der Waals surface area contributed by atoms with Crippen LogP contribution in [0.1, 0.15) is 16.7 Å². The molecular weight excluding hydrogens is 150 g/mol. The van der Waals surface area contributed by atoms with Gasteiger partial charge in [-0.3, -0.25) is 0 Å². The van der Waals surface area contributed by atoms with Crippen LogP contribution in [0.2, 0.25) is 0 Å². The first-order valence-corrected chi connectivity index (χ1v) is 4.11. The summed E-state index contributed by atoms with van der Waals surface area (Å²) in [6.07, 6.45) is 0.888. The molecule has 0 spiro atoms. The van der Waals surface area contributed by atoms with Crippen LogP contribution in [-0.2, 0) is 11.3 Å². The molecule has 66 valence electrons. The van der Waals surface area contributed by atoms with Gasteiger partial charge in [0.1, 0.15) is 0 Å². The van der Waals surface area contributed by atoms with Gasteiger partial charge in [0.25, 0.3) is 0 Å². The summed E-state index contributed by atoms with van der Waals surface area (Å²) in [5.41, 5.74) is 3.88. The van der Waals surface area contributed by atoms with Gasteiger partial charge in [0, 0.05) is 0 Å². The first kappa shape index (κ1) is 9.23. The molecule has 0 saturated carbocycles. The van der Waals surface area contributed by atoms with E-state index in [1.54, 1.807) is 0 Å². The first-order chi connectivity index (χ1) is 5.72. The van der Waals surface area contributed by atoms with Crippen molar-refractivity contribution < 1.29 is 4.84 Å². The van der Waals surface area contributed by atoms with Gasteiger partial charge in [0.05, 0.1) is 6.61 Å². The van der Waals surface area contributed by atoms with Gasteiger partial charge in [-0.05, 0) is 25.8 Å². The molecule has 0 fully saturated rings. The Morgan fingerprint density at radius 3 is 2.25 bits per heavy atom. The second-order valence-corrected chi connectivity index (χ2v) is 3.12. The lowest BCUT2D eigenvalue weighted by molar-refractivity contribution is 0.141. The third-order valence-corrected chi connectivity index (χ3v) is 1.79. The van der Waals surface area contributed by atoms with Gasteiger partial charge >= 0.3 is 0 Å². The lowest BCUT2D eigenvalue weighted by Crippen LogP contribution is -2.03. The van der Waals surface area contributed by atoms with Crippen LogP contribution in [0.4, 0.5) is 0 Å². The molecular formula is C10H15NO. The zero-order valence-electron chi connectivity index (χ0n) is 7.63. The fourth-order valence-corrected chi connectivity index (χ4v) is 1.39. The van der Waals surface area contributed by atoms with Crippen LogP contribution in [-0.4, -0.2) is 6.61 Å². The number of nitrogens with two attached hydrogens (primary N) is 1. The molecule has 0 aromatic heterocycles. The van der Waals surface area contributed by atoms with E-state index in [4.69, 9.17) is 5.90 Å². The molecule has 2 nitrogen and oxygen atoms in total. The van der Waals surface area contributed by atoms with Crippen LogP contribution in [0.5, 0.6) is 0 Å². The first-order valence-electron chi connectivity index (χ1n) is 4.11. The Labute approximate surface area is 73.3 Å². The molecule has 0 aliphatic carbocycles. The van der Waals surface area contributed by atoms with Crippen LogP contribution in [0, 0.1) is 13.8 Å². The van der Waals surface area contributed by atoms with E-state index < -0.39 is 0 Å². The average molecular weight is 165 g/mol. The molecule has 0 saturated heterocycles. The molecule has 2 heteroatoms. The predicted octanol–water partition coefficient (Wildman–Crippen LogP) is 1.74. The number of rotatable bonds is 3. The molecule has 0 atom stereocenters. The second-order valence-electron chi connectivity index (χ2n) is 3.12. The van der Waals surface area contributed by atoms with Crippen molar-refractivity contribution >= 4 is 0 Å². The highest BCUT2D eigenvalue weighted by Gasteiger charge is 1.95. The van der Waals surface area contributed by atoms with Crippen molar-refractivity contribution in [2.45, 2.75) is 20.3 Å². The van der Waals surface area contributed by atoms with Crippen molar-refractivity contribution in [1.29, 1.82) is 0 Å². The monoisotopic (exact) mass is 165 g/mol. The quantitative estimate of drug-likeness (QED) is 0.692. The molecule has 12 heavy (non-hydrogen) atoms. The number of hydrogen-bond acceptors (Lipinski definition) is 2. The zero-order valence-corrected chi connectivity index (χ0v) is 7.63. The number of aryl methyl sites for hydroxylation is 2. The fourth-order valence-electron chi connectivity index (χ4n) is 1.39. The Morgan fingerprint density at radius 2 is 1.75 bits per heavy atom. The summed E-state index contributed by atoms with van der Waals surface area (Å²) < 4.78 is 0. The minimum absolute atomic E-state index is 0.586. The van der Waals surface area contributed by atoms with E-state index >= 15 is 0 Å². The summed E-state index contributed by atoms with van der Waals surface area (Å²) in [5.74, 6) is 4.95. The standard InChI is InChI=1S/C10H15NO/c1-8-5-9(2)7-10(6-8)3-4-12-11/h5-7H,3-4,11H2,1-2H3. The molecule has 0 heterocycles. The van der Waals surface area contributed by atoms with E-state index in [0.717, 1.165) is 6.42 Å². The van der Waals surface area contributed by atoms with Gasteiger partial charge in [0.15, 0.2) is 0 Å². The van der Waals surface area contributed by atoms with E-state index in [1.165, 1.54) is 16.7 Å². The molecule has 0 aliphatic rings. The highest BCUT2D eigenvalue weighted by atomic mass is 16.6. The fraction of sp³-hybridized carbons (Fsp3) is 0.400. The number of hydrogen-bond donors (Lipinski definition) is 1. The van der Waals surface area contributed by atoms with Gasteiger partial charge in [0.2, 0.25) is 0 Å². The van der Waals surface area contributed by atoms with E-state index in [9.17, 15) is 0 Å². The predicted molar refractivity (Wildman–Crippen MR) is 49.8 cm³/mol. The average Bonchev–Trinajstić information content (AvgIpc) is 1.99. The zero-order chi connectivity index (χ0) is 8.97. The molecule has 2 N–H and O–H groups in total. The van der Waals surface area contributed by atoms with Gasteiger partial charge in [-0.1, -0.05) is 29.3 Å². The van der Waals surface area contributed by atoms with Gasteiger partial charge in [-0.15, -0.1) is 0 Å². The van der Waals surface area contributed by atoms with Crippen molar-refractivity contribution in [3.63, 3.8) is 0 Å². The van der Waals surface area contributed by atoms with E-state index in [1.807, 2.05) is 0 Å². The highest BCUT2D eigenvalue weighted by Crippen LogP contribution is 2.08. The smallest absolute Gasteiger partial charge is 0.0719 e. The van der Waals surface area contributed by atoms with Crippen LogP contribution in [0.3, 0.4) is 0 Å². The molecule has 1 aromatic rings. The molecule has 0 radical (unpaired) electrons. The van der Waals surface area contributed by atoms with Gasteiger partial charge < -0.3 is 4.84 Å². The SMILES string of the molecule is Cc1cc(C)cc(CCON)c1. The second kappa shape index (κ2) is 4.24.